The van der Waals surface area contributed by atoms with Gasteiger partial charge in [-0.2, -0.15) is 0 Å². The Morgan fingerprint density at radius 3 is 2.17 bits per heavy atom. The van der Waals surface area contributed by atoms with E-state index in [1.807, 2.05) is 0 Å². The second-order valence-electron chi connectivity index (χ2n) is 8.48. The van der Waals surface area contributed by atoms with E-state index in [-0.39, 0.29) is 37.4 Å². The molecule has 3 aromatic carbocycles. The first-order chi connectivity index (χ1) is 19.1. The van der Waals surface area contributed by atoms with E-state index in [2.05, 4.69) is 5.32 Å². The molecular weight excluding hydrogens is 584 g/mol. The minimum atomic E-state index is -1.13. The van der Waals surface area contributed by atoms with Crippen molar-refractivity contribution in [2.24, 2.45) is 0 Å². The number of carbonyl (C=O) groups is 3. The van der Waals surface area contributed by atoms with Crippen LogP contribution in [0.2, 0.25) is 15.1 Å². The summed E-state index contributed by atoms with van der Waals surface area (Å²) in [4.78, 5) is 37.0. The molecule has 0 saturated carbocycles. The number of hydrogen-bond donors (Lipinski definition) is 1. The van der Waals surface area contributed by atoms with E-state index < -0.39 is 35.8 Å². The second-order valence-corrected chi connectivity index (χ2v) is 9.76. The molecule has 0 bridgehead atoms. The van der Waals surface area contributed by atoms with Gasteiger partial charge in [-0.15, -0.1) is 0 Å². The van der Waals surface area contributed by atoms with Gasteiger partial charge in [0.15, 0.2) is 17.7 Å². The molecule has 2 atom stereocenters. The van der Waals surface area contributed by atoms with Crippen LogP contribution in [0, 0.1) is 5.82 Å². The highest BCUT2D eigenvalue weighted by molar-refractivity contribution is 6.35. The van der Waals surface area contributed by atoms with Gasteiger partial charge in [0.1, 0.15) is 6.04 Å². The van der Waals surface area contributed by atoms with Gasteiger partial charge in [-0.3, -0.25) is 9.59 Å². The lowest BCUT2D eigenvalue weighted by Gasteiger charge is -2.22. The van der Waals surface area contributed by atoms with Gasteiger partial charge in [-0.1, -0.05) is 53.0 Å². The highest BCUT2D eigenvalue weighted by Crippen LogP contribution is 2.35. The molecule has 0 radical (unpaired) electrons. The van der Waals surface area contributed by atoms with E-state index in [4.69, 9.17) is 49.0 Å². The summed E-state index contributed by atoms with van der Waals surface area (Å²) in [6.45, 7) is 3.54. The average molecular weight is 611 g/mol. The van der Waals surface area contributed by atoms with Crippen molar-refractivity contribution in [2.45, 2.75) is 38.8 Å². The average Bonchev–Trinajstić information content (AvgIpc) is 2.91. The van der Waals surface area contributed by atoms with Crippen LogP contribution in [0.5, 0.6) is 5.75 Å². The molecule has 1 N–H and O–H groups in total. The first-order valence-electron chi connectivity index (χ1n) is 12.4. The molecule has 1 unspecified atom stereocenters. The minimum Gasteiger partial charge on any atom is -0.478 e. The first-order valence-corrected chi connectivity index (χ1v) is 13.6. The van der Waals surface area contributed by atoms with Crippen LogP contribution in [0.4, 0.5) is 4.39 Å². The predicted molar refractivity (Wildman–Crippen MR) is 151 cm³/mol. The summed E-state index contributed by atoms with van der Waals surface area (Å²) in [6, 6.07) is 14.2. The number of esters is 2. The SMILES string of the molecule is CCOC(=O)CC[C@@H](NC(=O)c1ccc(OC(c2ccc(Cl)cc2)c2ccc(Cl)cc2Cl)c(F)c1)C(=O)OCC. The Labute approximate surface area is 246 Å². The number of nitrogens with one attached hydrogen (secondary N) is 1. The minimum absolute atomic E-state index is 0.0439. The zero-order valence-electron chi connectivity index (χ0n) is 21.7. The van der Waals surface area contributed by atoms with Crippen molar-refractivity contribution in [1.82, 2.24) is 5.32 Å². The van der Waals surface area contributed by atoms with Gasteiger partial charge in [0.25, 0.3) is 5.91 Å². The Morgan fingerprint density at radius 2 is 1.55 bits per heavy atom. The van der Waals surface area contributed by atoms with E-state index in [1.54, 1.807) is 56.3 Å². The van der Waals surface area contributed by atoms with Gasteiger partial charge in [-0.25, -0.2) is 9.18 Å². The fourth-order valence-electron chi connectivity index (χ4n) is 3.76. The van der Waals surface area contributed by atoms with Crippen LogP contribution >= 0.6 is 34.8 Å². The number of rotatable bonds is 12. The Hall–Kier alpha value is -3.33. The summed E-state index contributed by atoms with van der Waals surface area (Å²) < 4.78 is 31.2. The molecule has 0 fully saturated rings. The lowest BCUT2D eigenvalue weighted by Crippen LogP contribution is -2.42. The molecular formula is C29H27Cl3FNO6. The monoisotopic (exact) mass is 609 g/mol. The van der Waals surface area contributed by atoms with Gasteiger partial charge in [0.05, 0.1) is 13.2 Å². The number of halogens is 4. The summed E-state index contributed by atoms with van der Waals surface area (Å²) in [7, 11) is 0. The van der Waals surface area contributed by atoms with E-state index in [9.17, 15) is 14.4 Å². The van der Waals surface area contributed by atoms with Crippen LogP contribution in [0.25, 0.3) is 0 Å². The van der Waals surface area contributed by atoms with Crippen LogP contribution in [0.3, 0.4) is 0 Å². The molecule has 0 heterocycles. The third-order valence-corrected chi connectivity index (χ3v) is 6.49. The Bertz CT molecular complexity index is 1350. The topological polar surface area (TPSA) is 90.9 Å². The fraction of sp³-hybridized carbons (Fsp3) is 0.276. The van der Waals surface area contributed by atoms with Crippen molar-refractivity contribution in [3.05, 3.63) is 98.2 Å². The highest BCUT2D eigenvalue weighted by Gasteiger charge is 2.25. The maximum Gasteiger partial charge on any atom is 0.328 e. The molecule has 212 valence electrons. The third kappa shape index (κ3) is 8.58. The summed E-state index contributed by atoms with van der Waals surface area (Å²) in [5.74, 6) is -2.94. The van der Waals surface area contributed by atoms with E-state index in [0.29, 0.717) is 26.2 Å². The number of carbonyl (C=O) groups excluding carboxylic acids is 3. The zero-order valence-corrected chi connectivity index (χ0v) is 24.0. The van der Waals surface area contributed by atoms with E-state index in [0.717, 1.165) is 6.07 Å². The van der Waals surface area contributed by atoms with Crippen molar-refractivity contribution in [3.8, 4) is 5.75 Å². The number of amides is 1. The molecule has 0 aromatic heterocycles. The molecule has 0 saturated heterocycles. The van der Waals surface area contributed by atoms with Crippen molar-refractivity contribution < 1.29 is 33.0 Å². The lowest BCUT2D eigenvalue weighted by molar-refractivity contribution is -0.146. The predicted octanol–water partition coefficient (Wildman–Crippen LogP) is 6.96. The third-order valence-electron chi connectivity index (χ3n) is 5.68. The van der Waals surface area contributed by atoms with Crippen LogP contribution in [0.1, 0.15) is 54.3 Å². The molecule has 3 rings (SSSR count). The quantitative estimate of drug-likeness (QED) is 0.223. The molecule has 3 aromatic rings. The maximum absolute atomic E-state index is 15.3. The fourth-order valence-corrected chi connectivity index (χ4v) is 4.39. The molecule has 7 nitrogen and oxygen atoms in total. The van der Waals surface area contributed by atoms with Crippen molar-refractivity contribution in [2.75, 3.05) is 13.2 Å². The van der Waals surface area contributed by atoms with Gasteiger partial charge >= 0.3 is 11.9 Å². The van der Waals surface area contributed by atoms with Crippen LogP contribution < -0.4 is 10.1 Å². The van der Waals surface area contributed by atoms with Crippen molar-refractivity contribution in [1.29, 1.82) is 0 Å². The highest BCUT2D eigenvalue weighted by atomic mass is 35.5. The van der Waals surface area contributed by atoms with Gasteiger partial charge in [0.2, 0.25) is 0 Å². The zero-order chi connectivity index (χ0) is 29.2. The summed E-state index contributed by atoms with van der Waals surface area (Å²) in [5.41, 5.74) is 1.12. The molecule has 0 aliphatic rings. The molecule has 0 aliphatic heterocycles. The Kier molecular flexibility index (Phi) is 11.6. The number of ether oxygens (including phenoxy) is 3. The molecule has 1 amide bonds. The second kappa shape index (κ2) is 14.9. The molecule has 0 aliphatic carbocycles. The summed E-state index contributed by atoms with van der Waals surface area (Å²) >= 11 is 18.5. The summed E-state index contributed by atoms with van der Waals surface area (Å²) in [5, 5.41) is 3.75. The van der Waals surface area contributed by atoms with E-state index >= 15 is 4.39 Å². The largest absolute Gasteiger partial charge is 0.478 e. The summed E-state index contributed by atoms with van der Waals surface area (Å²) in [6.07, 6.45) is -0.984. The first kappa shape index (κ1) is 31.2. The van der Waals surface area contributed by atoms with Gasteiger partial charge in [0, 0.05) is 32.6 Å². The number of benzene rings is 3. The Morgan fingerprint density at radius 1 is 0.875 bits per heavy atom. The number of hydrogen-bond acceptors (Lipinski definition) is 6. The Balaban J connectivity index is 1.83. The standard InChI is InChI=1S/C29H27Cl3FNO6/c1-3-38-26(35)14-12-24(29(37)39-4-2)34-28(36)18-7-13-25(23(33)15-18)40-27(17-5-8-19(30)9-6-17)21-11-10-20(31)16-22(21)32/h5-11,13,15-16,24,27H,3-4,12,14H2,1-2H3,(H,34,36)/t24-,27?/m1/s1. The van der Waals surface area contributed by atoms with E-state index in [1.165, 1.54) is 12.1 Å². The normalized spacial score (nSPS) is 12.2. The van der Waals surface area contributed by atoms with Crippen LogP contribution in [-0.2, 0) is 19.1 Å². The lowest BCUT2D eigenvalue weighted by atomic mass is 10.0. The molecule has 0 spiro atoms. The molecule has 11 heteroatoms. The van der Waals surface area contributed by atoms with Crippen molar-refractivity contribution in [3.63, 3.8) is 0 Å². The van der Waals surface area contributed by atoms with Gasteiger partial charge < -0.3 is 19.5 Å². The molecule has 40 heavy (non-hydrogen) atoms. The van der Waals surface area contributed by atoms with Crippen LogP contribution in [-0.4, -0.2) is 37.1 Å². The van der Waals surface area contributed by atoms with Crippen LogP contribution in [0.15, 0.2) is 60.7 Å². The maximum atomic E-state index is 15.3. The van der Waals surface area contributed by atoms with Crippen molar-refractivity contribution >= 4 is 52.6 Å². The van der Waals surface area contributed by atoms with Gasteiger partial charge in [-0.05, 0) is 68.3 Å². The smallest absolute Gasteiger partial charge is 0.328 e.